The standard InChI is InChI=1S/C18H28N2O/c1-13-10-19-11-16(13)17(21)20(5)12-14-6-8-15(9-7-14)18(2,3)4/h6-9,13,16,19H,10-12H2,1-5H3. The van der Waals surface area contributed by atoms with Gasteiger partial charge in [-0.25, -0.2) is 0 Å². The Kier molecular flexibility index (Phi) is 4.72. The monoisotopic (exact) mass is 288 g/mol. The first-order chi connectivity index (χ1) is 9.79. The maximum atomic E-state index is 12.5. The quantitative estimate of drug-likeness (QED) is 0.927. The highest BCUT2D eigenvalue weighted by atomic mass is 16.2. The molecule has 0 bridgehead atoms. The van der Waals surface area contributed by atoms with Crippen LogP contribution in [-0.4, -0.2) is 30.9 Å². The first-order valence-corrected chi connectivity index (χ1v) is 7.84. The van der Waals surface area contributed by atoms with Crippen LogP contribution in [0.15, 0.2) is 24.3 Å². The molecule has 2 unspecified atom stereocenters. The van der Waals surface area contributed by atoms with Crippen molar-refractivity contribution in [1.29, 1.82) is 0 Å². The van der Waals surface area contributed by atoms with Crippen LogP contribution in [-0.2, 0) is 16.8 Å². The molecule has 1 aliphatic heterocycles. The van der Waals surface area contributed by atoms with Gasteiger partial charge in [0.05, 0.1) is 5.92 Å². The summed E-state index contributed by atoms with van der Waals surface area (Å²) in [4.78, 5) is 14.3. The second-order valence-electron chi connectivity index (χ2n) is 7.38. The summed E-state index contributed by atoms with van der Waals surface area (Å²) in [7, 11) is 1.91. The Morgan fingerprint density at radius 1 is 1.24 bits per heavy atom. The van der Waals surface area contributed by atoms with Crippen LogP contribution in [0.3, 0.4) is 0 Å². The van der Waals surface area contributed by atoms with Gasteiger partial charge in [-0.1, -0.05) is 52.0 Å². The van der Waals surface area contributed by atoms with E-state index in [0.717, 1.165) is 13.1 Å². The lowest BCUT2D eigenvalue weighted by Crippen LogP contribution is -2.35. The number of nitrogens with one attached hydrogen (secondary N) is 1. The van der Waals surface area contributed by atoms with Gasteiger partial charge in [-0.15, -0.1) is 0 Å². The van der Waals surface area contributed by atoms with Crippen molar-refractivity contribution in [3.8, 4) is 0 Å². The normalized spacial score (nSPS) is 22.3. The predicted molar refractivity (Wildman–Crippen MR) is 87.1 cm³/mol. The number of nitrogens with zero attached hydrogens (tertiary/aromatic N) is 1. The van der Waals surface area contributed by atoms with Gasteiger partial charge in [0.2, 0.25) is 5.91 Å². The van der Waals surface area contributed by atoms with Crippen LogP contribution in [0.1, 0.15) is 38.8 Å². The van der Waals surface area contributed by atoms with Crippen molar-refractivity contribution in [2.24, 2.45) is 11.8 Å². The number of benzene rings is 1. The Hall–Kier alpha value is -1.35. The Balaban J connectivity index is 1.99. The Morgan fingerprint density at radius 3 is 2.33 bits per heavy atom. The molecular weight excluding hydrogens is 260 g/mol. The Bertz CT molecular complexity index is 487. The maximum absolute atomic E-state index is 12.5. The number of hydrogen-bond acceptors (Lipinski definition) is 2. The molecule has 1 aromatic rings. The molecular formula is C18H28N2O. The number of carbonyl (C=O) groups is 1. The minimum absolute atomic E-state index is 0.129. The average Bonchev–Trinajstić information content (AvgIpc) is 2.83. The lowest BCUT2D eigenvalue weighted by molar-refractivity contribution is -0.135. The van der Waals surface area contributed by atoms with Crippen molar-refractivity contribution in [3.05, 3.63) is 35.4 Å². The molecule has 0 aliphatic carbocycles. The number of amides is 1. The first kappa shape index (κ1) is 16.0. The fraction of sp³-hybridized carbons (Fsp3) is 0.611. The van der Waals surface area contributed by atoms with Crippen LogP contribution in [0.2, 0.25) is 0 Å². The van der Waals surface area contributed by atoms with Gasteiger partial charge in [0.1, 0.15) is 0 Å². The topological polar surface area (TPSA) is 32.3 Å². The summed E-state index contributed by atoms with van der Waals surface area (Å²) in [6, 6.07) is 8.63. The average molecular weight is 288 g/mol. The second-order valence-corrected chi connectivity index (χ2v) is 7.38. The van der Waals surface area contributed by atoms with E-state index in [-0.39, 0.29) is 17.2 Å². The number of carbonyl (C=O) groups excluding carboxylic acids is 1. The van der Waals surface area contributed by atoms with Crippen molar-refractivity contribution in [2.45, 2.75) is 39.7 Å². The summed E-state index contributed by atoms with van der Waals surface area (Å²) in [6.07, 6.45) is 0. The Morgan fingerprint density at radius 2 is 1.86 bits per heavy atom. The van der Waals surface area contributed by atoms with E-state index in [2.05, 4.69) is 57.3 Å². The third-order valence-corrected chi connectivity index (χ3v) is 4.45. The van der Waals surface area contributed by atoms with Crippen LogP contribution in [0.5, 0.6) is 0 Å². The van der Waals surface area contributed by atoms with Gasteiger partial charge in [-0.05, 0) is 29.0 Å². The summed E-state index contributed by atoms with van der Waals surface area (Å²) in [5, 5.41) is 3.30. The summed E-state index contributed by atoms with van der Waals surface area (Å²) in [6.45, 7) is 11.2. The van der Waals surface area contributed by atoms with E-state index in [4.69, 9.17) is 0 Å². The zero-order valence-electron chi connectivity index (χ0n) is 13.9. The summed E-state index contributed by atoms with van der Waals surface area (Å²) < 4.78 is 0. The molecule has 0 aromatic heterocycles. The molecule has 2 atom stereocenters. The van der Waals surface area contributed by atoms with Crippen LogP contribution in [0.4, 0.5) is 0 Å². The third-order valence-electron chi connectivity index (χ3n) is 4.45. The number of hydrogen-bond donors (Lipinski definition) is 1. The zero-order chi connectivity index (χ0) is 15.6. The van der Waals surface area contributed by atoms with Crippen molar-refractivity contribution < 1.29 is 4.79 Å². The first-order valence-electron chi connectivity index (χ1n) is 7.84. The van der Waals surface area contributed by atoms with Gasteiger partial charge < -0.3 is 10.2 Å². The maximum Gasteiger partial charge on any atom is 0.227 e. The number of rotatable bonds is 3. The lowest BCUT2D eigenvalue weighted by Gasteiger charge is -2.24. The summed E-state index contributed by atoms with van der Waals surface area (Å²) in [5.41, 5.74) is 2.69. The predicted octanol–water partition coefficient (Wildman–Crippen LogP) is 2.80. The van der Waals surface area contributed by atoms with Crippen molar-refractivity contribution in [3.63, 3.8) is 0 Å². The molecule has 0 radical (unpaired) electrons. The van der Waals surface area contributed by atoms with E-state index in [1.165, 1.54) is 11.1 Å². The second kappa shape index (κ2) is 6.18. The Labute approximate surface area is 128 Å². The van der Waals surface area contributed by atoms with E-state index in [1.807, 2.05) is 11.9 Å². The van der Waals surface area contributed by atoms with E-state index in [1.54, 1.807) is 0 Å². The van der Waals surface area contributed by atoms with Gasteiger partial charge >= 0.3 is 0 Å². The zero-order valence-corrected chi connectivity index (χ0v) is 13.9. The molecule has 0 saturated carbocycles. The minimum atomic E-state index is 0.129. The largest absolute Gasteiger partial charge is 0.341 e. The molecule has 1 amide bonds. The fourth-order valence-electron chi connectivity index (χ4n) is 2.89. The minimum Gasteiger partial charge on any atom is -0.341 e. The molecule has 0 spiro atoms. The van der Waals surface area contributed by atoms with E-state index in [9.17, 15) is 4.79 Å². The van der Waals surface area contributed by atoms with Gasteiger partial charge in [0.15, 0.2) is 0 Å². The molecule has 3 heteroatoms. The molecule has 1 aromatic carbocycles. The van der Waals surface area contributed by atoms with Crippen LogP contribution >= 0.6 is 0 Å². The van der Waals surface area contributed by atoms with Crippen LogP contribution < -0.4 is 5.32 Å². The molecule has 3 nitrogen and oxygen atoms in total. The smallest absolute Gasteiger partial charge is 0.227 e. The summed E-state index contributed by atoms with van der Waals surface area (Å²) in [5.74, 6) is 0.819. The summed E-state index contributed by atoms with van der Waals surface area (Å²) >= 11 is 0. The lowest BCUT2D eigenvalue weighted by atomic mass is 9.86. The molecule has 1 fully saturated rings. The SMILES string of the molecule is CC1CNCC1C(=O)N(C)Cc1ccc(C(C)(C)C)cc1. The molecule has 1 saturated heterocycles. The molecule has 2 rings (SSSR count). The van der Waals surface area contributed by atoms with Crippen LogP contribution in [0, 0.1) is 11.8 Å². The van der Waals surface area contributed by atoms with Crippen LogP contribution in [0.25, 0.3) is 0 Å². The van der Waals surface area contributed by atoms with E-state index < -0.39 is 0 Å². The molecule has 1 heterocycles. The van der Waals surface area contributed by atoms with Gasteiger partial charge in [-0.3, -0.25) is 4.79 Å². The van der Waals surface area contributed by atoms with Crippen molar-refractivity contribution >= 4 is 5.91 Å². The highest BCUT2D eigenvalue weighted by molar-refractivity contribution is 5.79. The molecule has 1 N–H and O–H groups in total. The third kappa shape index (κ3) is 3.85. The van der Waals surface area contributed by atoms with Gasteiger partial charge in [0.25, 0.3) is 0 Å². The highest BCUT2D eigenvalue weighted by Crippen LogP contribution is 2.23. The van der Waals surface area contributed by atoms with Crippen molar-refractivity contribution in [1.82, 2.24) is 10.2 Å². The van der Waals surface area contributed by atoms with Gasteiger partial charge in [0, 0.05) is 20.1 Å². The van der Waals surface area contributed by atoms with Gasteiger partial charge in [-0.2, -0.15) is 0 Å². The van der Waals surface area contributed by atoms with E-state index >= 15 is 0 Å². The molecule has 1 aliphatic rings. The molecule has 21 heavy (non-hydrogen) atoms. The van der Waals surface area contributed by atoms with E-state index in [0.29, 0.717) is 12.5 Å². The fourth-order valence-corrected chi connectivity index (χ4v) is 2.89. The highest BCUT2D eigenvalue weighted by Gasteiger charge is 2.31. The van der Waals surface area contributed by atoms with Crippen molar-refractivity contribution in [2.75, 3.05) is 20.1 Å². The molecule has 116 valence electrons.